The Balaban J connectivity index is 2.30. The van der Waals surface area contributed by atoms with Crippen molar-refractivity contribution in [1.82, 2.24) is 4.90 Å². The molecule has 1 aliphatic heterocycles. The molecule has 0 fully saturated rings. The first-order valence-corrected chi connectivity index (χ1v) is 8.02. The number of aryl methyl sites for hydroxylation is 2. The summed E-state index contributed by atoms with van der Waals surface area (Å²) < 4.78 is 14.3. The average Bonchev–Trinajstić information content (AvgIpc) is 2.77. The first-order chi connectivity index (χ1) is 11.1. The van der Waals surface area contributed by atoms with Gasteiger partial charge in [0, 0.05) is 17.0 Å². The van der Waals surface area contributed by atoms with Gasteiger partial charge in [0.25, 0.3) is 0 Å². The molecule has 0 saturated carbocycles. The third-order valence-corrected chi connectivity index (χ3v) is 4.71. The van der Waals surface area contributed by atoms with Gasteiger partial charge in [-0.25, -0.2) is 9.18 Å². The van der Waals surface area contributed by atoms with Gasteiger partial charge in [-0.3, -0.25) is 0 Å². The van der Waals surface area contributed by atoms with Crippen LogP contribution in [0.15, 0.2) is 23.4 Å². The smallest absolute Gasteiger partial charge is 0.323 e. The Bertz CT molecular complexity index is 737. The second kappa shape index (κ2) is 6.26. The van der Waals surface area contributed by atoms with Crippen LogP contribution in [0.25, 0.3) is 0 Å². The van der Waals surface area contributed by atoms with E-state index in [2.05, 4.69) is 5.32 Å². The van der Waals surface area contributed by atoms with Gasteiger partial charge in [0.05, 0.1) is 17.8 Å². The first kappa shape index (κ1) is 18.0. The van der Waals surface area contributed by atoms with E-state index in [9.17, 15) is 9.18 Å². The normalized spacial score (nSPS) is 16.5. The molecule has 4 N–H and O–H groups in total. The zero-order valence-electron chi connectivity index (χ0n) is 14.9. The molecule has 1 aromatic carbocycles. The second-order valence-electron chi connectivity index (χ2n) is 6.69. The van der Waals surface area contributed by atoms with Crippen LogP contribution in [0.3, 0.4) is 0 Å². The van der Waals surface area contributed by atoms with Crippen molar-refractivity contribution in [3.63, 3.8) is 0 Å². The third kappa shape index (κ3) is 2.88. The number of nitrogens with zero attached hydrogens (tertiary/aromatic N) is 1. The SMILES string of the molecule is CCC(=N)C1=C(N)C(C)(C)N(C(=O)Nc2c(C)ccc(C)c2F)C1. The number of anilines is 1. The van der Waals surface area contributed by atoms with Crippen LogP contribution in [0.2, 0.25) is 0 Å². The minimum atomic E-state index is -0.727. The maximum Gasteiger partial charge on any atom is 0.323 e. The van der Waals surface area contributed by atoms with Gasteiger partial charge >= 0.3 is 6.03 Å². The number of hydrogen-bond donors (Lipinski definition) is 3. The number of nitrogens with one attached hydrogen (secondary N) is 2. The number of halogens is 1. The van der Waals surface area contributed by atoms with Gasteiger partial charge in [-0.15, -0.1) is 0 Å². The van der Waals surface area contributed by atoms with Crippen molar-refractivity contribution in [3.05, 3.63) is 40.3 Å². The van der Waals surface area contributed by atoms with Crippen molar-refractivity contribution in [3.8, 4) is 0 Å². The molecule has 0 aliphatic carbocycles. The number of carbonyl (C=O) groups excluding carboxylic acids is 1. The van der Waals surface area contributed by atoms with Gasteiger partial charge < -0.3 is 21.4 Å². The molecule has 0 spiro atoms. The van der Waals surface area contributed by atoms with Crippen LogP contribution in [0.1, 0.15) is 38.3 Å². The molecule has 0 unspecified atom stereocenters. The molecule has 1 heterocycles. The molecule has 0 radical (unpaired) electrons. The summed E-state index contributed by atoms with van der Waals surface area (Å²) in [7, 11) is 0. The van der Waals surface area contributed by atoms with E-state index in [0.717, 1.165) is 0 Å². The van der Waals surface area contributed by atoms with Gasteiger partial charge in [0.2, 0.25) is 0 Å². The molecule has 0 atom stereocenters. The van der Waals surface area contributed by atoms with E-state index in [-0.39, 0.29) is 12.2 Å². The lowest BCUT2D eigenvalue weighted by molar-refractivity contribution is 0.184. The van der Waals surface area contributed by atoms with Crippen molar-refractivity contribution in [2.24, 2.45) is 5.73 Å². The fraction of sp³-hybridized carbons (Fsp3) is 0.444. The maximum absolute atomic E-state index is 14.3. The van der Waals surface area contributed by atoms with Gasteiger partial charge in [-0.2, -0.15) is 0 Å². The number of benzene rings is 1. The average molecular weight is 332 g/mol. The number of rotatable bonds is 3. The lowest BCUT2D eigenvalue weighted by Gasteiger charge is -2.33. The van der Waals surface area contributed by atoms with E-state index >= 15 is 0 Å². The number of carbonyl (C=O) groups is 1. The summed E-state index contributed by atoms with van der Waals surface area (Å²) in [5, 5.41) is 10.7. The molecule has 1 aromatic rings. The van der Waals surface area contributed by atoms with E-state index in [1.165, 1.54) is 0 Å². The summed E-state index contributed by atoms with van der Waals surface area (Å²) in [5.74, 6) is -0.428. The largest absolute Gasteiger partial charge is 0.400 e. The highest BCUT2D eigenvalue weighted by atomic mass is 19.1. The molecule has 2 rings (SSSR count). The van der Waals surface area contributed by atoms with Crippen LogP contribution in [0, 0.1) is 25.1 Å². The second-order valence-corrected chi connectivity index (χ2v) is 6.69. The van der Waals surface area contributed by atoms with Gasteiger partial charge in [0.15, 0.2) is 0 Å². The summed E-state index contributed by atoms with van der Waals surface area (Å²) in [6.07, 6.45) is 0.549. The summed E-state index contributed by atoms with van der Waals surface area (Å²) in [4.78, 5) is 14.3. The zero-order valence-corrected chi connectivity index (χ0v) is 14.9. The molecular formula is C18H25FN4O. The zero-order chi connectivity index (χ0) is 18.2. The van der Waals surface area contributed by atoms with Crippen molar-refractivity contribution in [2.75, 3.05) is 11.9 Å². The Morgan fingerprint density at radius 3 is 2.54 bits per heavy atom. The molecule has 0 aromatic heterocycles. The maximum atomic E-state index is 14.3. The molecule has 6 heteroatoms. The lowest BCUT2D eigenvalue weighted by Crippen LogP contribution is -2.48. The summed E-state index contributed by atoms with van der Waals surface area (Å²) >= 11 is 0. The standard InChI is InChI=1S/C18H25FN4O/c1-6-13(20)12-9-23(18(4,5)16(12)21)17(24)22-15-11(3)8-7-10(2)14(15)19/h7-8,20H,6,9,21H2,1-5H3,(H,22,24). The number of amides is 2. The van der Waals surface area contributed by atoms with Crippen LogP contribution in [0.4, 0.5) is 14.9 Å². The molecule has 1 aliphatic rings. The molecule has 2 amide bonds. The van der Waals surface area contributed by atoms with E-state index in [4.69, 9.17) is 11.1 Å². The van der Waals surface area contributed by atoms with Crippen LogP contribution in [-0.4, -0.2) is 28.7 Å². The Labute approximate surface area is 142 Å². The Kier molecular flexibility index (Phi) is 4.69. The fourth-order valence-electron chi connectivity index (χ4n) is 2.86. The van der Waals surface area contributed by atoms with Crippen molar-refractivity contribution < 1.29 is 9.18 Å². The molecule has 24 heavy (non-hydrogen) atoms. The van der Waals surface area contributed by atoms with Crippen LogP contribution >= 0.6 is 0 Å². The highest BCUT2D eigenvalue weighted by Gasteiger charge is 2.42. The topological polar surface area (TPSA) is 82.2 Å². The van der Waals surface area contributed by atoms with Crippen LogP contribution in [0.5, 0.6) is 0 Å². The van der Waals surface area contributed by atoms with Crippen molar-refractivity contribution >= 4 is 17.4 Å². The molecular weight excluding hydrogens is 307 g/mol. The fourth-order valence-corrected chi connectivity index (χ4v) is 2.86. The Morgan fingerprint density at radius 1 is 1.38 bits per heavy atom. The third-order valence-electron chi connectivity index (χ3n) is 4.71. The molecule has 0 saturated heterocycles. The summed E-state index contributed by atoms with van der Waals surface area (Å²) in [6.45, 7) is 9.20. The molecule has 130 valence electrons. The predicted molar refractivity (Wildman–Crippen MR) is 94.9 cm³/mol. The number of urea groups is 1. The number of nitrogens with two attached hydrogens (primary N) is 1. The quantitative estimate of drug-likeness (QED) is 0.737. The predicted octanol–water partition coefficient (Wildman–Crippen LogP) is 3.71. The molecule has 0 bridgehead atoms. The summed E-state index contributed by atoms with van der Waals surface area (Å²) in [6, 6.07) is 3.03. The van der Waals surface area contributed by atoms with Gasteiger partial charge in [-0.1, -0.05) is 19.1 Å². The minimum Gasteiger partial charge on any atom is -0.400 e. The van der Waals surface area contributed by atoms with E-state index in [1.807, 2.05) is 20.8 Å². The van der Waals surface area contributed by atoms with Crippen molar-refractivity contribution in [1.29, 1.82) is 5.41 Å². The van der Waals surface area contributed by atoms with Crippen molar-refractivity contribution in [2.45, 2.75) is 46.6 Å². The lowest BCUT2D eigenvalue weighted by atomic mass is 9.98. The highest BCUT2D eigenvalue weighted by Crippen LogP contribution is 2.33. The Morgan fingerprint density at radius 2 is 1.96 bits per heavy atom. The van der Waals surface area contributed by atoms with E-state index in [0.29, 0.717) is 34.5 Å². The number of hydrogen-bond acceptors (Lipinski definition) is 3. The van der Waals surface area contributed by atoms with Crippen LogP contribution in [-0.2, 0) is 0 Å². The van der Waals surface area contributed by atoms with Gasteiger partial charge in [-0.05, 0) is 45.2 Å². The van der Waals surface area contributed by atoms with E-state index in [1.54, 1.807) is 30.9 Å². The van der Waals surface area contributed by atoms with Crippen LogP contribution < -0.4 is 11.1 Å². The molecule has 5 nitrogen and oxygen atoms in total. The van der Waals surface area contributed by atoms with Gasteiger partial charge in [0.1, 0.15) is 5.82 Å². The Hall–Kier alpha value is -2.37. The highest BCUT2D eigenvalue weighted by molar-refractivity contribution is 6.01. The monoisotopic (exact) mass is 332 g/mol. The van der Waals surface area contributed by atoms with E-state index < -0.39 is 17.4 Å². The summed E-state index contributed by atoms with van der Waals surface area (Å²) in [5.41, 5.74) is 8.40. The first-order valence-electron chi connectivity index (χ1n) is 8.02. The minimum absolute atomic E-state index is 0.188.